The fourth-order valence-electron chi connectivity index (χ4n) is 4.35. The highest BCUT2D eigenvalue weighted by Gasteiger charge is 2.31. The summed E-state index contributed by atoms with van der Waals surface area (Å²) in [6, 6.07) is 12.8. The zero-order valence-electron chi connectivity index (χ0n) is 24.2. The monoisotopic (exact) mass is 596 g/mol. The van der Waals surface area contributed by atoms with Crippen LogP contribution in [0.15, 0.2) is 57.8 Å². The van der Waals surface area contributed by atoms with Crippen molar-refractivity contribution in [3.8, 4) is 5.75 Å². The summed E-state index contributed by atoms with van der Waals surface area (Å²) in [5.41, 5.74) is 1.50. The van der Waals surface area contributed by atoms with Crippen LogP contribution in [-0.2, 0) is 9.53 Å². The predicted octanol–water partition coefficient (Wildman–Crippen LogP) is 5.82. The Bertz CT molecular complexity index is 1390. The third-order valence-electron chi connectivity index (χ3n) is 6.49. The van der Waals surface area contributed by atoms with Crippen molar-refractivity contribution in [3.63, 3.8) is 0 Å². The van der Waals surface area contributed by atoms with Gasteiger partial charge in [-0.25, -0.2) is 4.98 Å². The molecule has 2 amide bonds. The Morgan fingerprint density at radius 3 is 2.37 bits per heavy atom. The first-order chi connectivity index (χ1) is 19.4. The molecule has 0 spiro atoms. The molecule has 2 heterocycles. The molecule has 1 saturated heterocycles. The molecule has 1 N–H and O–H groups in total. The molecule has 1 aromatic heterocycles. The van der Waals surface area contributed by atoms with E-state index in [-0.39, 0.29) is 23.7 Å². The molecule has 0 unspecified atom stereocenters. The minimum atomic E-state index is -0.530. The second-order valence-electron chi connectivity index (χ2n) is 10.9. The fraction of sp³-hybridized carbons (Fsp3) is 0.400. The summed E-state index contributed by atoms with van der Waals surface area (Å²) in [5, 5.41) is 3.35. The van der Waals surface area contributed by atoms with Crippen LogP contribution in [-0.4, -0.2) is 67.6 Å². The SMILES string of the molecule is COc1ccc(Sc2cnc(NC(=O)c3ccc(N(C)C)cc3)s2)cc1C(=O)N1CCC(C(=O)OC(C)(C)C)CC1. The Balaban J connectivity index is 1.39. The van der Waals surface area contributed by atoms with Gasteiger partial charge in [0.1, 0.15) is 11.4 Å². The maximum Gasteiger partial charge on any atom is 0.309 e. The highest BCUT2D eigenvalue weighted by Crippen LogP contribution is 2.37. The summed E-state index contributed by atoms with van der Waals surface area (Å²) in [4.78, 5) is 47.5. The van der Waals surface area contributed by atoms with E-state index in [2.05, 4.69) is 10.3 Å². The molecule has 3 aromatic rings. The number of carbonyl (C=O) groups is 3. The lowest BCUT2D eigenvalue weighted by Crippen LogP contribution is -2.41. The predicted molar refractivity (Wildman–Crippen MR) is 162 cm³/mol. The van der Waals surface area contributed by atoms with Crippen LogP contribution in [0.4, 0.5) is 10.8 Å². The summed E-state index contributed by atoms with van der Waals surface area (Å²) in [7, 11) is 5.43. The van der Waals surface area contributed by atoms with Crippen molar-refractivity contribution in [1.82, 2.24) is 9.88 Å². The number of methoxy groups -OCH3 is 1. The van der Waals surface area contributed by atoms with Crippen LogP contribution in [0.5, 0.6) is 5.75 Å². The number of thiazole rings is 1. The van der Waals surface area contributed by atoms with Crippen molar-refractivity contribution in [2.75, 3.05) is 44.5 Å². The van der Waals surface area contributed by atoms with Crippen LogP contribution >= 0.6 is 23.1 Å². The number of piperidine rings is 1. The van der Waals surface area contributed by atoms with E-state index in [1.807, 2.05) is 64.0 Å². The molecule has 1 aliphatic rings. The van der Waals surface area contributed by atoms with E-state index in [4.69, 9.17) is 9.47 Å². The summed E-state index contributed by atoms with van der Waals surface area (Å²) in [6.45, 7) is 6.51. The lowest BCUT2D eigenvalue weighted by Gasteiger charge is -2.32. The number of carbonyl (C=O) groups excluding carboxylic acids is 3. The zero-order valence-corrected chi connectivity index (χ0v) is 25.9. The second kappa shape index (κ2) is 12.9. The minimum absolute atomic E-state index is 0.135. The molecule has 0 atom stereocenters. The lowest BCUT2D eigenvalue weighted by atomic mass is 9.96. The van der Waals surface area contributed by atoms with Crippen LogP contribution in [0.2, 0.25) is 0 Å². The van der Waals surface area contributed by atoms with E-state index in [9.17, 15) is 14.4 Å². The quantitative estimate of drug-likeness (QED) is 0.325. The number of esters is 1. The summed E-state index contributed by atoms with van der Waals surface area (Å²) in [5.74, 6) is -0.284. The van der Waals surface area contributed by atoms with E-state index in [0.29, 0.717) is 47.9 Å². The molecule has 0 bridgehead atoms. The molecule has 9 nitrogen and oxygen atoms in total. The topological polar surface area (TPSA) is 101 Å². The molecule has 0 saturated carbocycles. The molecular weight excluding hydrogens is 560 g/mol. The Kier molecular flexibility index (Phi) is 9.60. The average Bonchev–Trinajstić information content (AvgIpc) is 3.38. The van der Waals surface area contributed by atoms with Gasteiger partial charge in [-0.2, -0.15) is 0 Å². The van der Waals surface area contributed by atoms with Gasteiger partial charge in [0.05, 0.1) is 29.0 Å². The Hall–Kier alpha value is -3.57. The molecule has 0 aliphatic carbocycles. The fourth-order valence-corrected chi connectivity index (χ4v) is 6.24. The average molecular weight is 597 g/mol. The maximum absolute atomic E-state index is 13.5. The van der Waals surface area contributed by atoms with Crippen molar-refractivity contribution in [2.45, 2.75) is 48.3 Å². The van der Waals surface area contributed by atoms with Crippen LogP contribution in [0, 0.1) is 5.92 Å². The lowest BCUT2D eigenvalue weighted by molar-refractivity contribution is -0.161. The number of amides is 2. The number of hydrogen-bond donors (Lipinski definition) is 1. The summed E-state index contributed by atoms with van der Waals surface area (Å²) < 4.78 is 11.9. The second-order valence-corrected chi connectivity index (χ2v) is 13.3. The Morgan fingerprint density at radius 2 is 1.76 bits per heavy atom. The van der Waals surface area contributed by atoms with Crippen molar-refractivity contribution in [3.05, 3.63) is 59.8 Å². The van der Waals surface area contributed by atoms with E-state index in [1.54, 1.807) is 36.4 Å². The van der Waals surface area contributed by atoms with Crippen molar-refractivity contribution < 1.29 is 23.9 Å². The number of nitrogens with zero attached hydrogens (tertiary/aromatic N) is 3. The third-order valence-corrected chi connectivity index (χ3v) is 8.50. The Morgan fingerprint density at radius 1 is 1.07 bits per heavy atom. The molecule has 1 aliphatic heterocycles. The van der Waals surface area contributed by atoms with Gasteiger partial charge in [0, 0.05) is 43.3 Å². The standard InChI is InChI=1S/C30H36N4O5S2/c1-30(2,3)39-28(37)20-13-15-34(16-14-20)27(36)23-17-22(11-12-24(23)38-6)40-25-18-31-29(41-25)32-26(35)19-7-9-21(10-8-19)33(4)5/h7-12,17-18,20H,13-16H2,1-6H3,(H,31,32,35). The van der Waals surface area contributed by atoms with Gasteiger partial charge in [-0.15, -0.1) is 0 Å². The number of likely N-dealkylation sites (tertiary alicyclic amines) is 1. The van der Waals surface area contributed by atoms with Gasteiger partial charge >= 0.3 is 5.97 Å². The molecule has 41 heavy (non-hydrogen) atoms. The number of ether oxygens (including phenoxy) is 2. The van der Waals surface area contributed by atoms with Gasteiger partial charge in [-0.1, -0.05) is 23.1 Å². The Labute approximate surface area is 249 Å². The first-order valence-corrected chi connectivity index (χ1v) is 15.0. The van der Waals surface area contributed by atoms with Crippen molar-refractivity contribution in [1.29, 1.82) is 0 Å². The van der Waals surface area contributed by atoms with Crippen LogP contribution in [0.3, 0.4) is 0 Å². The smallest absolute Gasteiger partial charge is 0.309 e. The maximum atomic E-state index is 13.5. The molecular formula is C30H36N4O5S2. The first-order valence-electron chi connectivity index (χ1n) is 13.4. The number of hydrogen-bond acceptors (Lipinski definition) is 9. The molecule has 11 heteroatoms. The highest BCUT2D eigenvalue weighted by molar-refractivity contribution is 8.01. The third kappa shape index (κ3) is 8.01. The molecule has 1 fully saturated rings. The van der Waals surface area contributed by atoms with E-state index < -0.39 is 5.60 Å². The molecule has 218 valence electrons. The van der Waals surface area contributed by atoms with E-state index in [1.165, 1.54) is 23.1 Å². The zero-order chi connectivity index (χ0) is 29.7. The minimum Gasteiger partial charge on any atom is -0.496 e. The summed E-state index contributed by atoms with van der Waals surface area (Å²) >= 11 is 2.81. The highest BCUT2D eigenvalue weighted by atomic mass is 32.2. The van der Waals surface area contributed by atoms with Crippen LogP contribution in [0.1, 0.15) is 54.3 Å². The van der Waals surface area contributed by atoms with Gasteiger partial charge in [-0.05, 0) is 76.1 Å². The number of anilines is 2. The molecule has 0 radical (unpaired) electrons. The van der Waals surface area contributed by atoms with Gasteiger partial charge in [-0.3, -0.25) is 19.7 Å². The van der Waals surface area contributed by atoms with Crippen LogP contribution < -0.4 is 15.0 Å². The van der Waals surface area contributed by atoms with Gasteiger partial charge < -0.3 is 19.3 Å². The van der Waals surface area contributed by atoms with Crippen LogP contribution in [0.25, 0.3) is 0 Å². The summed E-state index contributed by atoms with van der Waals surface area (Å²) in [6.07, 6.45) is 2.83. The normalized spacial score (nSPS) is 14.0. The number of nitrogens with one attached hydrogen (secondary N) is 1. The largest absolute Gasteiger partial charge is 0.496 e. The number of benzene rings is 2. The van der Waals surface area contributed by atoms with Gasteiger partial charge in [0.25, 0.3) is 11.8 Å². The van der Waals surface area contributed by atoms with E-state index >= 15 is 0 Å². The molecule has 2 aromatic carbocycles. The molecule has 4 rings (SSSR count). The van der Waals surface area contributed by atoms with Gasteiger partial charge in [0.2, 0.25) is 0 Å². The number of aromatic nitrogens is 1. The van der Waals surface area contributed by atoms with Crippen molar-refractivity contribution in [2.24, 2.45) is 5.92 Å². The van der Waals surface area contributed by atoms with E-state index in [0.717, 1.165) is 14.8 Å². The first kappa shape index (κ1) is 30.4. The van der Waals surface area contributed by atoms with Crippen molar-refractivity contribution >= 4 is 51.7 Å². The van der Waals surface area contributed by atoms with Gasteiger partial charge in [0.15, 0.2) is 5.13 Å². The number of rotatable bonds is 8.